The normalized spacial score (nSPS) is 12.5. The number of hydrogen-bond donors (Lipinski definition) is 1. The summed E-state index contributed by atoms with van der Waals surface area (Å²) in [5, 5.41) is 11.5. The molecule has 0 saturated heterocycles. The third-order valence-corrected chi connectivity index (χ3v) is 3.60. The molecule has 1 N–H and O–H groups in total. The Labute approximate surface area is 115 Å². The summed E-state index contributed by atoms with van der Waals surface area (Å²) in [6.45, 7) is 5.28. The number of fused-ring (bicyclic) bond motifs is 1. The zero-order valence-corrected chi connectivity index (χ0v) is 11.7. The van der Waals surface area contributed by atoms with Gasteiger partial charge in [0.2, 0.25) is 0 Å². The van der Waals surface area contributed by atoms with Crippen molar-refractivity contribution in [3.63, 3.8) is 0 Å². The summed E-state index contributed by atoms with van der Waals surface area (Å²) in [7, 11) is 0. The monoisotopic (exact) mass is 258 g/mol. The van der Waals surface area contributed by atoms with E-state index in [0.29, 0.717) is 5.75 Å². The first kappa shape index (κ1) is 13.7. The SMILES string of the molecule is CC[C@H](C)CCCOc1ccc2cc(O)ccc2c1. The molecule has 0 aliphatic rings. The summed E-state index contributed by atoms with van der Waals surface area (Å²) in [6, 6.07) is 11.4. The van der Waals surface area contributed by atoms with Gasteiger partial charge < -0.3 is 9.84 Å². The number of benzene rings is 2. The van der Waals surface area contributed by atoms with Gasteiger partial charge >= 0.3 is 0 Å². The van der Waals surface area contributed by atoms with Crippen LogP contribution < -0.4 is 4.74 Å². The maximum Gasteiger partial charge on any atom is 0.119 e. The van der Waals surface area contributed by atoms with Crippen LogP contribution in [0, 0.1) is 5.92 Å². The van der Waals surface area contributed by atoms with E-state index < -0.39 is 0 Å². The van der Waals surface area contributed by atoms with Gasteiger partial charge in [-0.05, 0) is 53.8 Å². The third kappa shape index (κ3) is 3.88. The molecule has 0 unspecified atom stereocenters. The fourth-order valence-corrected chi connectivity index (χ4v) is 2.13. The summed E-state index contributed by atoms with van der Waals surface area (Å²) in [6.07, 6.45) is 3.56. The molecule has 2 nitrogen and oxygen atoms in total. The van der Waals surface area contributed by atoms with Crippen molar-refractivity contribution in [2.24, 2.45) is 5.92 Å². The van der Waals surface area contributed by atoms with Crippen molar-refractivity contribution >= 4 is 10.8 Å². The van der Waals surface area contributed by atoms with Gasteiger partial charge in [-0.25, -0.2) is 0 Å². The van der Waals surface area contributed by atoms with E-state index in [9.17, 15) is 5.11 Å². The van der Waals surface area contributed by atoms with Gasteiger partial charge in [-0.15, -0.1) is 0 Å². The van der Waals surface area contributed by atoms with Crippen LogP contribution in [0.3, 0.4) is 0 Å². The minimum Gasteiger partial charge on any atom is -0.508 e. The zero-order chi connectivity index (χ0) is 13.7. The van der Waals surface area contributed by atoms with Crippen molar-refractivity contribution in [1.82, 2.24) is 0 Å². The van der Waals surface area contributed by atoms with E-state index in [1.807, 2.05) is 24.3 Å². The lowest BCUT2D eigenvalue weighted by molar-refractivity contribution is 0.294. The molecule has 19 heavy (non-hydrogen) atoms. The van der Waals surface area contributed by atoms with Gasteiger partial charge in [-0.3, -0.25) is 0 Å². The van der Waals surface area contributed by atoms with E-state index in [2.05, 4.69) is 13.8 Å². The molecular formula is C17H22O2. The predicted molar refractivity (Wildman–Crippen MR) is 79.8 cm³/mol. The fourth-order valence-electron chi connectivity index (χ4n) is 2.13. The average Bonchev–Trinajstić information content (AvgIpc) is 2.43. The van der Waals surface area contributed by atoms with Gasteiger partial charge in [-0.2, -0.15) is 0 Å². The van der Waals surface area contributed by atoms with Gasteiger partial charge in [0.1, 0.15) is 11.5 Å². The molecule has 2 aromatic carbocycles. The van der Waals surface area contributed by atoms with Crippen LogP contribution in [0.15, 0.2) is 36.4 Å². The highest BCUT2D eigenvalue weighted by molar-refractivity contribution is 5.85. The Bertz CT molecular complexity index is 534. The molecule has 2 rings (SSSR count). The van der Waals surface area contributed by atoms with Gasteiger partial charge in [-0.1, -0.05) is 32.4 Å². The highest BCUT2D eigenvalue weighted by Gasteiger charge is 2.01. The second-order valence-corrected chi connectivity index (χ2v) is 5.20. The molecule has 0 bridgehead atoms. The maximum absolute atomic E-state index is 9.42. The largest absolute Gasteiger partial charge is 0.508 e. The Balaban J connectivity index is 1.92. The fraction of sp³-hybridized carbons (Fsp3) is 0.412. The molecule has 2 heteroatoms. The lowest BCUT2D eigenvalue weighted by Gasteiger charge is -2.10. The molecule has 0 aliphatic heterocycles. The number of phenolic OH excluding ortho intramolecular Hbond substituents is 1. The van der Waals surface area contributed by atoms with Crippen molar-refractivity contribution < 1.29 is 9.84 Å². The topological polar surface area (TPSA) is 29.5 Å². The first-order chi connectivity index (χ1) is 9.19. The van der Waals surface area contributed by atoms with Gasteiger partial charge in [0.15, 0.2) is 0 Å². The Morgan fingerprint density at radius 3 is 2.63 bits per heavy atom. The molecule has 0 saturated carbocycles. The van der Waals surface area contributed by atoms with Crippen molar-refractivity contribution in [3.8, 4) is 11.5 Å². The molecule has 1 atom stereocenters. The number of ether oxygens (including phenoxy) is 1. The van der Waals surface area contributed by atoms with Crippen LogP contribution >= 0.6 is 0 Å². The summed E-state index contributed by atoms with van der Waals surface area (Å²) in [4.78, 5) is 0. The van der Waals surface area contributed by atoms with Crippen molar-refractivity contribution in [3.05, 3.63) is 36.4 Å². The number of aromatic hydroxyl groups is 1. The van der Waals surface area contributed by atoms with Crippen molar-refractivity contribution in [2.75, 3.05) is 6.61 Å². The second-order valence-electron chi connectivity index (χ2n) is 5.20. The van der Waals surface area contributed by atoms with Crippen LogP contribution in [0.4, 0.5) is 0 Å². The van der Waals surface area contributed by atoms with E-state index in [-0.39, 0.29) is 0 Å². The highest BCUT2D eigenvalue weighted by Crippen LogP contribution is 2.24. The average molecular weight is 258 g/mol. The predicted octanol–water partition coefficient (Wildman–Crippen LogP) is 4.75. The van der Waals surface area contributed by atoms with Gasteiger partial charge in [0.05, 0.1) is 6.61 Å². The Morgan fingerprint density at radius 1 is 1.11 bits per heavy atom. The lowest BCUT2D eigenvalue weighted by atomic mass is 10.0. The molecule has 0 heterocycles. The Morgan fingerprint density at radius 2 is 1.84 bits per heavy atom. The Kier molecular flexibility index (Phi) is 4.67. The summed E-state index contributed by atoms with van der Waals surface area (Å²) >= 11 is 0. The molecule has 0 spiro atoms. The van der Waals surface area contributed by atoms with E-state index in [1.165, 1.54) is 12.8 Å². The summed E-state index contributed by atoms with van der Waals surface area (Å²) < 4.78 is 5.78. The van der Waals surface area contributed by atoms with Crippen LogP contribution in [0.25, 0.3) is 10.8 Å². The van der Waals surface area contributed by atoms with E-state index in [1.54, 1.807) is 12.1 Å². The van der Waals surface area contributed by atoms with E-state index >= 15 is 0 Å². The smallest absolute Gasteiger partial charge is 0.119 e. The minimum absolute atomic E-state index is 0.301. The quantitative estimate of drug-likeness (QED) is 0.758. The van der Waals surface area contributed by atoms with Crippen molar-refractivity contribution in [1.29, 1.82) is 0 Å². The first-order valence-electron chi connectivity index (χ1n) is 7.04. The van der Waals surface area contributed by atoms with E-state index in [0.717, 1.165) is 35.5 Å². The molecule has 0 aromatic heterocycles. The van der Waals surface area contributed by atoms with Crippen LogP contribution in [0.5, 0.6) is 11.5 Å². The number of rotatable bonds is 6. The highest BCUT2D eigenvalue weighted by atomic mass is 16.5. The molecular weight excluding hydrogens is 236 g/mol. The van der Waals surface area contributed by atoms with E-state index in [4.69, 9.17) is 4.74 Å². The Hall–Kier alpha value is -1.70. The van der Waals surface area contributed by atoms with Gasteiger partial charge in [0, 0.05) is 0 Å². The number of phenols is 1. The lowest BCUT2D eigenvalue weighted by Crippen LogP contribution is -2.00. The van der Waals surface area contributed by atoms with Crippen LogP contribution in [0.1, 0.15) is 33.1 Å². The molecule has 2 aromatic rings. The number of hydrogen-bond acceptors (Lipinski definition) is 2. The van der Waals surface area contributed by atoms with Crippen molar-refractivity contribution in [2.45, 2.75) is 33.1 Å². The van der Waals surface area contributed by atoms with Crippen LogP contribution in [0.2, 0.25) is 0 Å². The molecule has 0 fully saturated rings. The van der Waals surface area contributed by atoms with Crippen LogP contribution in [-0.4, -0.2) is 11.7 Å². The molecule has 0 radical (unpaired) electrons. The van der Waals surface area contributed by atoms with Crippen LogP contribution in [-0.2, 0) is 0 Å². The zero-order valence-electron chi connectivity index (χ0n) is 11.7. The first-order valence-corrected chi connectivity index (χ1v) is 7.04. The molecule has 0 amide bonds. The molecule has 0 aliphatic carbocycles. The summed E-state index contributed by atoms with van der Waals surface area (Å²) in [5.74, 6) is 1.99. The second kappa shape index (κ2) is 6.46. The van der Waals surface area contributed by atoms with Gasteiger partial charge in [0.25, 0.3) is 0 Å². The standard InChI is InChI=1S/C17H22O2/c1-3-13(2)5-4-10-19-17-9-7-14-11-16(18)8-6-15(14)12-17/h6-9,11-13,18H,3-5,10H2,1-2H3/t13-/m0/s1. The minimum atomic E-state index is 0.301. The molecule has 102 valence electrons. The third-order valence-electron chi connectivity index (χ3n) is 3.60. The summed E-state index contributed by atoms with van der Waals surface area (Å²) in [5.41, 5.74) is 0. The maximum atomic E-state index is 9.42.